The third kappa shape index (κ3) is 5.68. The first-order valence-corrected chi connectivity index (χ1v) is 8.24. The van der Waals surface area contributed by atoms with Gasteiger partial charge in [-0.2, -0.15) is 0 Å². The Morgan fingerprint density at radius 1 is 1.24 bits per heavy atom. The quantitative estimate of drug-likeness (QED) is 0.773. The molecule has 1 saturated carbocycles. The molecule has 118 valence electrons. The van der Waals surface area contributed by atoms with Crippen LogP contribution in [-0.4, -0.2) is 30.9 Å². The van der Waals surface area contributed by atoms with Gasteiger partial charge in [-0.05, 0) is 50.4 Å². The summed E-state index contributed by atoms with van der Waals surface area (Å²) in [5.74, 6) is 1.55. The van der Waals surface area contributed by atoms with Gasteiger partial charge in [0.2, 0.25) is 0 Å². The van der Waals surface area contributed by atoms with E-state index in [2.05, 4.69) is 24.4 Å². The molecule has 0 aromatic heterocycles. The fourth-order valence-electron chi connectivity index (χ4n) is 3.07. The summed E-state index contributed by atoms with van der Waals surface area (Å²) in [5.41, 5.74) is 1.30. The van der Waals surface area contributed by atoms with Crippen molar-refractivity contribution in [2.45, 2.75) is 57.6 Å². The number of aliphatic hydroxyl groups is 1. The number of likely N-dealkylation sites (N-methyl/N-ethyl adjacent to an activating group) is 1. The average molecular weight is 291 g/mol. The second-order valence-corrected chi connectivity index (χ2v) is 6.39. The molecule has 2 atom stereocenters. The van der Waals surface area contributed by atoms with E-state index in [9.17, 15) is 5.11 Å². The van der Waals surface area contributed by atoms with Crippen LogP contribution in [0.5, 0.6) is 5.75 Å². The molecule has 1 aliphatic rings. The van der Waals surface area contributed by atoms with E-state index < -0.39 is 0 Å². The van der Waals surface area contributed by atoms with Crippen LogP contribution in [0.4, 0.5) is 0 Å². The number of rotatable bonds is 8. The highest BCUT2D eigenvalue weighted by atomic mass is 16.5. The van der Waals surface area contributed by atoms with Gasteiger partial charge in [0, 0.05) is 6.04 Å². The maximum atomic E-state index is 10.0. The van der Waals surface area contributed by atoms with Gasteiger partial charge in [0.1, 0.15) is 12.4 Å². The maximum Gasteiger partial charge on any atom is 0.119 e. The van der Waals surface area contributed by atoms with E-state index in [1.807, 2.05) is 19.2 Å². The lowest BCUT2D eigenvalue weighted by molar-refractivity contribution is 0.0855. The summed E-state index contributed by atoms with van der Waals surface area (Å²) in [5, 5.41) is 13.3. The van der Waals surface area contributed by atoms with Gasteiger partial charge >= 0.3 is 0 Å². The molecule has 1 fully saturated rings. The van der Waals surface area contributed by atoms with Gasteiger partial charge in [0.15, 0.2) is 0 Å². The molecule has 2 rings (SSSR count). The number of nitrogens with one attached hydrogen (secondary N) is 1. The van der Waals surface area contributed by atoms with Crippen molar-refractivity contribution >= 4 is 0 Å². The first kappa shape index (κ1) is 16.3. The standard InChI is InChI=1S/C18H29NO2/c1-14(19-2)11-16-7-9-18(10-8-16)21-13-17(20)12-15-5-3-4-6-15/h7-10,14-15,17,19-20H,3-6,11-13H2,1-2H3. The molecule has 0 aliphatic heterocycles. The van der Waals surface area contributed by atoms with Crippen molar-refractivity contribution < 1.29 is 9.84 Å². The van der Waals surface area contributed by atoms with Crippen molar-refractivity contribution in [1.82, 2.24) is 5.32 Å². The Balaban J connectivity index is 1.72. The lowest BCUT2D eigenvalue weighted by atomic mass is 10.0. The largest absolute Gasteiger partial charge is 0.491 e. The van der Waals surface area contributed by atoms with Crippen molar-refractivity contribution in [2.75, 3.05) is 13.7 Å². The lowest BCUT2D eigenvalue weighted by Crippen LogP contribution is -2.23. The molecule has 0 saturated heterocycles. The van der Waals surface area contributed by atoms with Crippen molar-refractivity contribution in [2.24, 2.45) is 5.92 Å². The Labute approximate surface area is 128 Å². The molecule has 0 amide bonds. The van der Waals surface area contributed by atoms with E-state index >= 15 is 0 Å². The Kier molecular flexibility index (Phi) is 6.52. The summed E-state index contributed by atoms with van der Waals surface area (Å²) in [6.07, 6.45) is 6.76. The number of aliphatic hydroxyl groups excluding tert-OH is 1. The van der Waals surface area contributed by atoms with Gasteiger partial charge in [-0.25, -0.2) is 0 Å². The van der Waals surface area contributed by atoms with Crippen LogP contribution < -0.4 is 10.1 Å². The lowest BCUT2D eigenvalue weighted by Gasteiger charge is -2.16. The number of hydrogen-bond donors (Lipinski definition) is 2. The summed E-state index contributed by atoms with van der Waals surface area (Å²) >= 11 is 0. The second-order valence-electron chi connectivity index (χ2n) is 6.39. The fourth-order valence-corrected chi connectivity index (χ4v) is 3.07. The van der Waals surface area contributed by atoms with E-state index in [1.165, 1.54) is 31.2 Å². The summed E-state index contributed by atoms with van der Waals surface area (Å²) in [7, 11) is 1.98. The predicted molar refractivity (Wildman–Crippen MR) is 86.7 cm³/mol. The molecule has 2 N–H and O–H groups in total. The van der Waals surface area contributed by atoms with Crippen LogP contribution in [0, 0.1) is 5.92 Å². The molecular formula is C18H29NO2. The topological polar surface area (TPSA) is 41.5 Å². The first-order chi connectivity index (χ1) is 10.2. The van der Waals surface area contributed by atoms with E-state index in [0.29, 0.717) is 18.6 Å². The van der Waals surface area contributed by atoms with Crippen LogP contribution in [0.15, 0.2) is 24.3 Å². The van der Waals surface area contributed by atoms with Crippen molar-refractivity contribution in [3.8, 4) is 5.75 Å². The summed E-state index contributed by atoms with van der Waals surface area (Å²) < 4.78 is 5.70. The Morgan fingerprint density at radius 3 is 2.52 bits per heavy atom. The Morgan fingerprint density at radius 2 is 1.90 bits per heavy atom. The van der Waals surface area contributed by atoms with Crippen LogP contribution in [0.2, 0.25) is 0 Å². The number of hydrogen-bond acceptors (Lipinski definition) is 3. The molecule has 3 nitrogen and oxygen atoms in total. The number of ether oxygens (including phenoxy) is 1. The highest BCUT2D eigenvalue weighted by Crippen LogP contribution is 2.28. The maximum absolute atomic E-state index is 10.0. The molecular weight excluding hydrogens is 262 g/mol. The first-order valence-electron chi connectivity index (χ1n) is 8.24. The van der Waals surface area contributed by atoms with Crippen LogP contribution in [-0.2, 0) is 6.42 Å². The minimum absolute atomic E-state index is 0.336. The number of benzene rings is 1. The minimum Gasteiger partial charge on any atom is -0.491 e. The van der Waals surface area contributed by atoms with Crippen molar-refractivity contribution in [3.63, 3.8) is 0 Å². The van der Waals surface area contributed by atoms with Gasteiger partial charge in [-0.3, -0.25) is 0 Å². The zero-order chi connectivity index (χ0) is 15.1. The normalized spacial score (nSPS) is 18.6. The predicted octanol–water partition coefficient (Wildman–Crippen LogP) is 3.16. The van der Waals surface area contributed by atoms with Crippen molar-refractivity contribution in [3.05, 3.63) is 29.8 Å². The van der Waals surface area contributed by atoms with Gasteiger partial charge in [0.25, 0.3) is 0 Å². The van der Waals surface area contributed by atoms with Gasteiger partial charge in [0.05, 0.1) is 6.10 Å². The Bertz CT molecular complexity index is 398. The Hall–Kier alpha value is -1.06. The highest BCUT2D eigenvalue weighted by Gasteiger charge is 2.19. The zero-order valence-electron chi connectivity index (χ0n) is 13.3. The van der Waals surface area contributed by atoms with Crippen LogP contribution in [0.25, 0.3) is 0 Å². The van der Waals surface area contributed by atoms with E-state index in [4.69, 9.17) is 4.74 Å². The monoisotopic (exact) mass is 291 g/mol. The van der Waals surface area contributed by atoms with Crippen molar-refractivity contribution in [1.29, 1.82) is 0 Å². The zero-order valence-corrected chi connectivity index (χ0v) is 13.3. The van der Waals surface area contributed by atoms with E-state index in [1.54, 1.807) is 0 Å². The molecule has 0 spiro atoms. The molecule has 0 bridgehead atoms. The SMILES string of the molecule is CNC(C)Cc1ccc(OCC(O)CC2CCCC2)cc1. The minimum atomic E-state index is -0.336. The van der Waals surface area contributed by atoms with Gasteiger partial charge in [-0.15, -0.1) is 0 Å². The molecule has 0 radical (unpaired) electrons. The molecule has 3 heteroatoms. The average Bonchev–Trinajstić information content (AvgIpc) is 2.99. The summed E-state index contributed by atoms with van der Waals surface area (Å²) in [6, 6.07) is 8.68. The molecule has 1 aliphatic carbocycles. The van der Waals surface area contributed by atoms with Gasteiger partial charge in [-0.1, -0.05) is 37.8 Å². The van der Waals surface area contributed by atoms with Crippen LogP contribution >= 0.6 is 0 Å². The highest BCUT2D eigenvalue weighted by molar-refractivity contribution is 5.27. The summed E-state index contributed by atoms with van der Waals surface area (Å²) in [4.78, 5) is 0. The van der Waals surface area contributed by atoms with Gasteiger partial charge < -0.3 is 15.2 Å². The smallest absolute Gasteiger partial charge is 0.119 e. The fraction of sp³-hybridized carbons (Fsp3) is 0.667. The van der Waals surface area contributed by atoms with E-state index in [0.717, 1.165) is 18.6 Å². The second kappa shape index (κ2) is 8.40. The van der Waals surface area contributed by atoms with E-state index in [-0.39, 0.29) is 6.10 Å². The molecule has 1 aromatic carbocycles. The van der Waals surface area contributed by atoms with Crippen LogP contribution in [0.1, 0.15) is 44.6 Å². The molecule has 1 aromatic rings. The third-order valence-corrected chi connectivity index (χ3v) is 4.48. The molecule has 0 heterocycles. The molecule has 2 unspecified atom stereocenters. The summed E-state index contributed by atoms with van der Waals surface area (Å²) in [6.45, 7) is 2.58. The van der Waals surface area contributed by atoms with Crippen LogP contribution in [0.3, 0.4) is 0 Å². The molecule has 21 heavy (non-hydrogen) atoms. The third-order valence-electron chi connectivity index (χ3n) is 4.48.